The Morgan fingerprint density at radius 3 is 1.18 bits per heavy atom. The summed E-state index contributed by atoms with van der Waals surface area (Å²) in [6.45, 7) is 14.2. The first kappa shape index (κ1) is 43.1. The second-order valence-electron chi connectivity index (χ2n) is 19.0. The smallest absolute Gasteiger partial charge is 0.149 e. The van der Waals surface area contributed by atoms with Gasteiger partial charge in [0.1, 0.15) is 45.3 Å². The number of imidazole rings is 2. The first-order valence-corrected chi connectivity index (χ1v) is 29.1. The molecule has 7 nitrogen and oxygen atoms in total. The number of fused-ring (bicyclic) bond motifs is 7. The van der Waals surface area contributed by atoms with Gasteiger partial charge in [0.2, 0.25) is 0 Å². The number of hydrogen-bond donors (Lipinski definition) is 2. The zero-order chi connectivity index (χ0) is 44.8. The Morgan fingerprint density at radius 1 is 0.424 bits per heavy atom. The predicted octanol–water partition coefficient (Wildman–Crippen LogP) is 13.4. The summed E-state index contributed by atoms with van der Waals surface area (Å²) < 4.78 is 11.1. The van der Waals surface area contributed by atoms with Gasteiger partial charge in [-0.1, -0.05) is 159 Å². The van der Waals surface area contributed by atoms with E-state index in [9.17, 15) is 10.2 Å². The van der Waals surface area contributed by atoms with E-state index in [1.165, 1.54) is 10.4 Å². The van der Waals surface area contributed by atoms with Crippen molar-refractivity contribution < 1.29 is 35.7 Å². The van der Waals surface area contributed by atoms with Crippen LogP contribution >= 0.6 is 0 Å². The topological polar surface area (TPSA) is 89.2 Å². The molecule has 2 N–H and O–H groups in total. The summed E-state index contributed by atoms with van der Waals surface area (Å²) in [4.78, 5) is 11.0. The van der Waals surface area contributed by atoms with Gasteiger partial charge in [-0.25, -0.2) is 9.97 Å². The van der Waals surface area contributed by atoms with E-state index in [1.807, 2.05) is 60.7 Å². The van der Waals surface area contributed by atoms with Gasteiger partial charge in [-0.05, 0) is 71.8 Å². The molecule has 0 unspecified atom stereocenters. The molecule has 0 amide bonds. The number of benzene rings is 8. The maximum atomic E-state index is 11.5. The number of phenols is 2. The Labute approximate surface area is 400 Å². The molecule has 66 heavy (non-hydrogen) atoms. The van der Waals surface area contributed by atoms with Crippen LogP contribution < -0.4 is 10.4 Å². The number of aromatic nitrogens is 4. The van der Waals surface area contributed by atoms with Crippen molar-refractivity contribution >= 4 is 70.5 Å². The van der Waals surface area contributed by atoms with E-state index in [1.54, 1.807) is 12.1 Å². The molecule has 0 bridgehead atoms. The Morgan fingerprint density at radius 2 is 0.803 bits per heavy atom. The molecule has 0 atom stereocenters. The van der Waals surface area contributed by atoms with E-state index in [0.717, 1.165) is 66.5 Å². The van der Waals surface area contributed by atoms with Gasteiger partial charge in [-0.15, -0.1) is 0 Å². The van der Waals surface area contributed by atoms with Gasteiger partial charge in [0.15, 0.2) is 0 Å². The molecule has 0 saturated carbocycles. The predicted molar refractivity (Wildman–Crippen MR) is 274 cm³/mol. The molecule has 8 aromatic carbocycles. The minimum atomic E-state index is -1.72. The summed E-state index contributed by atoms with van der Waals surface area (Å²) >= 11 is 0. The van der Waals surface area contributed by atoms with Gasteiger partial charge in [0, 0.05) is 32.2 Å². The first-order chi connectivity index (χ1) is 31.3. The normalized spacial score (nSPS) is 12.1. The van der Waals surface area contributed by atoms with Crippen LogP contribution in [-0.4, -0.2) is 45.5 Å². The third-order valence-corrected chi connectivity index (χ3v) is 16.8. The van der Waals surface area contributed by atoms with Crippen LogP contribution in [-0.2, 0) is 21.1 Å². The van der Waals surface area contributed by atoms with Crippen LogP contribution in [0.15, 0.2) is 174 Å². The molecule has 3 heterocycles. The van der Waals surface area contributed by atoms with E-state index < -0.39 is 16.1 Å². The quantitative estimate of drug-likeness (QED) is 0.148. The van der Waals surface area contributed by atoms with Crippen LogP contribution in [0.3, 0.4) is 0 Å². The molecule has 0 spiro atoms. The molecule has 0 aliphatic heterocycles. The molecule has 3 aromatic heterocycles. The number of para-hydroxylation sites is 2. The van der Waals surface area contributed by atoms with Crippen LogP contribution in [0.1, 0.15) is 0 Å². The first-order valence-electron chi connectivity index (χ1n) is 22.1. The average molecular weight is 1080 g/mol. The van der Waals surface area contributed by atoms with Gasteiger partial charge < -0.3 is 14.6 Å². The third-order valence-electron chi connectivity index (χ3n) is 12.7. The van der Waals surface area contributed by atoms with Crippen molar-refractivity contribution in [2.45, 2.75) is 39.3 Å². The van der Waals surface area contributed by atoms with Crippen molar-refractivity contribution in [3.05, 3.63) is 170 Å². The van der Waals surface area contributed by atoms with Gasteiger partial charge in [0.05, 0.1) is 60.5 Å². The van der Waals surface area contributed by atoms with E-state index in [0.29, 0.717) is 33.9 Å². The zero-order valence-corrected chi connectivity index (χ0v) is 41.8. The van der Waals surface area contributed by atoms with Gasteiger partial charge in [-0.3, -0.25) is 9.13 Å². The minimum Gasteiger partial charge on any atom is -0.507 e. The Kier molecular flexibility index (Phi) is 10.6. The summed E-state index contributed by atoms with van der Waals surface area (Å²) in [7, 11) is -3.44. The number of nitrogens with zero attached hydrogens (tertiary/aromatic N) is 4. The Bertz CT molecular complexity index is 3420. The molecule has 0 aliphatic rings. The number of rotatable bonds is 8. The van der Waals surface area contributed by atoms with Crippen LogP contribution in [0.2, 0.25) is 39.3 Å². The van der Waals surface area contributed by atoms with Crippen molar-refractivity contribution in [2.24, 2.45) is 0 Å². The maximum Gasteiger partial charge on any atom is 0.149 e. The van der Waals surface area contributed by atoms with E-state index in [4.69, 9.17) is 14.4 Å². The largest absolute Gasteiger partial charge is 0.507 e. The molecule has 328 valence electrons. The van der Waals surface area contributed by atoms with Gasteiger partial charge in [-0.2, -0.15) is 0 Å². The van der Waals surface area contributed by atoms with Crippen molar-refractivity contribution in [3.63, 3.8) is 0 Å². The number of phenolic OH excluding ortho intramolecular Hbond substituents is 2. The molecule has 0 fully saturated rings. The summed E-state index contributed by atoms with van der Waals surface area (Å²) in [6.07, 6.45) is 0. The van der Waals surface area contributed by atoms with Crippen molar-refractivity contribution in [3.8, 4) is 67.9 Å². The zero-order valence-electron chi connectivity index (χ0n) is 37.6. The fraction of sp³-hybridized carbons (Fsp3) is 0.107. The second kappa shape index (κ2) is 16.3. The Balaban J connectivity index is 0.00000511. The number of furan rings is 1. The van der Waals surface area contributed by atoms with Crippen molar-refractivity contribution in [1.29, 1.82) is 0 Å². The van der Waals surface area contributed by atoms with E-state index in [-0.39, 0.29) is 32.6 Å². The SMILES string of the molecule is C[Si](C)(C)c1ccc(-n2c(-c3ccccc3O)nc3c4c(ccc32)oc2ccc3c(nc(-c5ccccc5O)n3-c3ccc([Si](C)(C)C)cc3-c3ccccc3)c24)c(-c2ccccc2)c1.[Pt]. The van der Waals surface area contributed by atoms with Crippen LogP contribution in [0.25, 0.3) is 100 Å². The van der Waals surface area contributed by atoms with E-state index in [2.05, 4.69) is 145 Å². The summed E-state index contributed by atoms with van der Waals surface area (Å²) in [5, 5.41) is 27.4. The van der Waals surface area contributed by atoms with Gasteiger partial charge in [0.25, 0.3) is 0 Å². The second-order valence-corrected chi connectivity index (χ2v) is 29.1. The maximum absolute atomic E-state index is 11.5. The fourth-order valence-electron chi connectivity index (χ4n) is 9.29. The van der Waals surface area contributed by atoms with Crippen LogP contribution in [0.5, 0.6) is 11.5 Å². The molecule has 0 aliphatic carbocycles. The summed E-state index contributed by atoms with van der Waals surface area (Å²) in [6, 6.07) is 57.7. The van der Waals surface area contributed by atoms with Crippen LogP contribution in [0, 0.1) is 0 Å². The third kappa shape index (κ3) is 7.13. The van der Waals surface area contributed by atoms with Gasteiger partial charge >= 0.3 is 0 Å². The molecule has 11 rings (SSSR count). The molecule has 10 heteroatoms. The molecular formula is C56H48N4O3PtSi2. The summed E-state index contributed by atoms with van der Waals surface area (Å²) in [5.41, 5.74) is 12.0. The molecular weight excluding hydrogens is 1030 g/mol. The fourth-order valence-corrected chi connectivity index (χ4v) is 11.6. The van der Waals surface area contributed by atoms with Crippen molar-refractivity contribution in [1.82, 2.24) is 19.1 Å². The Hall–Kier alpha value is -6.78. The van der Waals surface area contributed by atoms with E-state index >= 15 is 0 Å². The molecule has 11 aromatic rings. The van der Waals surface area contributed by atoms with Crippen molar-refractivity contribution in [2.75, 3.05) is 0 Å². The monoisotopic (exact) mass is 1080 g/mol. The standard InChI is InChI=1S/C56H48N4O3Si2.Pt/c1-64(2,3)37-25-27-43(41(33-37)35-17-9-7-10-18-35)59-45-29-31-49-51(53(45)57-55(59)39-21-13-15-23-47(39)61)52-50(63-49)32-30-46-54(52)58-56(40-22-14-16-24-48(40)62)60(46)44-28-26-38(65(4,5)6)34-42(44)36-19-11-8-12-20-36;/h7-34,61-62H,1-6H3;. The molecule has 0 radical (unpaired) electrons. The minimum absolute atomic E-state index is 0. The average Bonchev–Trinajstić information content (AvgIpc) is 4.00. The number of hydrogen-bond acceptors (Lipinski definition) is 5. The molecule has 0 saturated heterocycles. The summed E-state index contributed by atoms with van der Waals surface area (Å²) in [5.74, 6) is 1.50. The number of aromatic hydroxyl groups is 2. The van der Waals surface area contributed by atoms with Crippen LogP contribution in [0.4, 0.5) is 0 Å².